The zero-order valence-electron chi connectivity index (χ0n) is 7.65. The molecule has 0 aliphatic heterocycles. The summed E-state index contributed by atoms with van der Waals surface area (Å²) in [5.41, 5.74) is 0.879. The highest BCUT2D eigenvalue weighted by atomic mass is 79.9. The van der Waals surface area contributed by atoms with Crippen LogP contribution in [0.15, 0.2) is 10.5 Å². The Morgan fingerprint density at radius 1 is 1.23 bits per heavy atom. The van der Waals surface area contributed by atoms with Crippen molar-refractivity contribution in [3.63, 3.8) is 0 Å². The number of methoxy groups -OCH3 is 2. The molecule has 0 heterocycles. The topological polar surface area (TPSA) is 18.5 Å². The van der Waals surface area contributed by atoms with E-state index in [-0.39, 0.29) is 0 Å². The lowest BCUT2D eigenvalue weighted by Gasteiger charge is -2.13. The Kier molecular flexibility index (Phi) is 3.45. The number of rotatable bonds is 2. The first kappa shape index (κ1) is 10.7. The van der Waals surface area contributed by atoms with Crippen molar-refractivity contribution < 1.29 is 9.47 Å². The van der Waals surface area contributed by atoms with Crippen LogP contribution in [0.2, 0.25) is 5.02 Å². The van der Waals surface area contributed by atoms with E-state index in [1.807, 2.05) is 6.92 Å². The summed E-state index contributed by atoms with van der Waals surface area (Å²) in [6, 6.07) is 1.79. The molecule has 0 bridgehead atoms. The van der Waals surface area contributed by atoms with Gasteiger partial charge in [-0.3, -0.25) is 0 Å². The van der Waals surface area contributed by atoms with E-state index in [1.54, 1.807) is 20.3 Å². The number of benzene rings is 1. The third-order valence-electron chi connectivity index (χ3n) is 1.78. The summed E-state index contributed by atoms with van der Waals surface area (Å²) in [5.74, 6) is 1.34. The minimum absolute atomic E-state index is 0.657. The Morgan fingerprint density at radius 2 is 1.77 bits per heavy atom. The molecule has 0 N–H and O–H groups in total. The summed E-state index contributed by atoms with van der Waals surface area (Å²) in [6.07, 6.45) is 0. The summed E-state index contributed by atoms with van der Waals surface area (Å²) < 4.78 is 11.2. The molecule has 0 radical (unpaired) electrons. The van der Waals surface area contributed by atoms with E-state index in [2.05, 4.69) is 15.9 Å². The molecule has 0 unspecified atom stereocenters. The predicted molar refractivity (Wildman–Crippen MR) is 57.0 cm³/mol. The van der Waals surface area contributed by atoms with Gasteiger partial charge in [-0.25, -0.2) is 0 Å². The zero-order valence-corrected chi connectivity index (χ0v) is 9.99. The molecular formula is C9H10BrClO2. The van der Waals surface area contributed by atoms with Gasteiger partial charge in [0.15, 0.2) is 11.5 Å². The second-order valence-corrected chi connectivity index (χ2v) is 3.79. The van der Waals surface area contributed by atoms with Crippen molar-refractivity contribution >= 4 is 27.5 Å². The van der Waals surface area contributed by atoms with Gasteiger partial charge >= 0.3 is 0 Å². The SMILES string of the molecule is COc1c(Br)cc(Cl)c(C)c1OC. The van der Waals surface area contributed by atoms with Gasteiger partial charge in [-0.05, 0) is 28.9 Å². The van der Waals surface area contributed by atoms with Crippen LogP contribution in [-0.2, 0) is 0 Å². The first-order chi connectivity index (χ1) is 6.11. The van der Waals surface area contributed by atoms with Gasteiger partial charge in [0.2, 0.25) is 0 Å². The molecule has 0 spiro atoms. The van der Waals surface area contributed by atoms with Crippen molar-refractivity contribution in [1.29, 1.82) is 0 Å². The van der Waals surface area contributed by atoms with Crippen LogP contribution in [0.3, 0.4) is 0 Å². The van der Waals surface area contributed by atoms with Crippen LogP contribution in [0.1, 0.15) is 5.56 Å². The van der Waals surface area contributed by atoms with Crippen molar-refractivity contribution in [3.8, 4) is 11.5 Å². The first-order valence-electron chi connectivity index (χ1n) is 3.68. The maximum atomic E-state index is 5.96. The molecular weight excluding hydrogens is 255 g/mol. The fraction of sp³-hybridized carbons (Fsp3) is 0.333. The van der Waals surface area contributed by atoms with E-state index < -0.39 is 0 Å². The van der Waals surface area contributed by atoms with E-state index >= 15 is 0 Å². The molecule has 2 nitrogen and oxygen atoms in total. The molecule has 1 aromatic rings. The van der Waals surface area contributed by atoms with Gasteiger partial charge in [0.1, 0.15) is 0 Å². The molecule has 0 atom stereocenters. The van der Waals surface area contributed by atoms with Gasteiger partial charge in [0.05, 0.1) is 18.7 Å². The predicted octanol–water partition coefficient (Wildman–Crippen LogP) is 3.43. The molecule has 0 saturated heterocycles. The Morgan fingerprint density at radius 3 is 2.23 bits per heavy atom. The molecule has 0 aliphatic rings. The van der Waals surface area contributed by atoms with Crippen LogP contribution in [0, 0.1) is 6.92 Å². The van der Waals surface area contributed by atoms with Crippen molar-refractivity contribution in [2.75, 3.05) is 14.2 Å². The van der Waals surface area contributed by atoms with E-state index in [9.17, 15) is 0 Å². The highest BCUT2D eigenvalue weighted by molar-refractivity contribution is 9.10. The van der Waals surface area contributed by atoms with E-state index in [4.69, 9.17) is 21.1 Å². The van der Waals surface area contributed by atoms with Gasteiger partial charge in [-0.1, -0.05) is 11.6 Å². The average Bonchev–Trinajstić information content (AvgIpc) is 2.10. The number of halogens is 2. The molecule has 4 heteroatoms. The fourth-order valence-corrected chi connectivity index (χ4v) is 2.01. The standard InChI is InChI=1S/C9H10BrClO2/c1-5-7(11)4-6(10)9(13-3)8(5)12-2/h4H,1-3H3. The normalized spacial score (nSPS) is 9.92. The maximum Gasteiger partial charge on any atom is 0.175 e. The molecule has 1 aromatic carbocycles. The Labute approximate surface area is 90.9 Å². The van der Waals surface area contributed by atoms with E-state index in [1.165, 1.54) is 0 Å². The maximum absolute atomic E-state index is 5.96. The van der Waals surface area contributed by atoms with Gasteiger partial charge in [0.25, 0.3) is 0 Å². The molecule has 0 saturated carbocycles. The van der Waals surface area contributed by atoms with Crippen LogP contribution in [-0.4, -0.2) is 14.2 Å². The van der Waals surface area contributed by atoms with Gasteiger partial charge in [0, 0.05) is 10.6 Å². The third kappa shape index (κ3) is 1.92. The van der Waals surface area contributed by atoms with Crippen LogP contribution in [0.5, 0.6) is 11.5 Å². The summed E-state index contributed by atoms with van der Waals surface area (Å²) in [7, 11) is 3.18. The fourth-order valence-electron chi connectivity index (χ4n) is 1.11. The van der Waals surface area contributed by atoms with Crippen molar-refractivity contribution in [2.24, 2.45) is 0 Å². The van der Waals surface area contributed by atoms with Gasteiger partial charge in [-0.2, -0.15) is 0 Å². The number of hydrogen-bond acceptors (Lipinski definition) is 2. The highest BCUT2D eigenvalue weighted by Gasteiger charge is 2.14. The Hall–Kier alpha value is -0.410. The first-order valence-corrected chi connectivity index (χ1v) is 4.85. The van der Waals surface area contributed by atoms with Crippen molar-refractivity contribution in [3.05, 3.63) is 21.1 Å². The molecule has 72 valence electrons. The molecule has 0 amide bonds. The summed E-state index contributed by atoms with van der Waals surface area (Å²) in [5, 5.41) is 0.657. The van der Waals surface area contributed by atoms with Crippen LogP contribution < -0.4 is 9.47 Å². The average molecular weight is 266 g/mol. The summed E-state index contributed by atoms with van der Waals surface area (Å²) >= 11 is 9.30. The molecule has 0 fully saturated rings. The van der Waals surface area contributed by atoms with Gasteiger partial charge < -0.3 is 9.47 Å². The largest absolute Gasteiger partial charge is 0.492 e. The zero-order chi connectivity index (χ0) is 10.0. The minimum Gasteiger partial charge on any atom is -0.492 e. The lowest BCUT2D eigenvalue weighted by atomic mass is 10.2. The second kappa shape index (κ2) is 4.20. The lowest BCUT2D eigenvalue weighted by molar-refractivity contribution is 0.351. The summed E-state index contributed by atoms with van der Waals surface area (Å²) in [6.45, 7) is 1.89. The molecule has 0 aromatic heterocycles. The lowest BCUT2D eigenvalue weighted by Crippen LogP contribution is -1.94. The third-order valence-corrected chi connectivity index (χ3v) is 2.77. The Balaban J connectivity index is 3.41. The van der Waals surface area contributed by atoms with E-state index in [0.717, 1.165) is 10.0 Å². The second-order valence-electron chi connectivity index (χ2n) is 2.53. The van der Waals surface area contributed by atoms with Crippen LogP contribution in [0.25, 0.3) is 0 Å². The van der Waals surface area contributed by atoms with Crippen molar-refractivity contribution in [1.82, 2.24) is 0 Å². The Bertz CT molecular complexity index is 326. The van der Waals surface area contributed by atoms with Crippen molar-refractivity contribution in [2.45, 2.75) is 6.92 Å². The monoisotopic (exact) mass is 264 g/mol. The van der Waals surface area contributed by atoms with Crippen LogP contribution in [0.4, 0.5) is 0 Å². The number of hydrogen-bond donors (Lipinski definition) is 0. The molecule has 0 aliphatic carbocycles. The van der Waals surface area contributed by atoms with E-state index in [0.29, 0.717) is 16.5 Å². The molecule has 13 heavy (non-hydrogen) atoms. The molecule has 1 rings (SSSR count). The quantitative estimate of drug-likeness (QED) is 0.816. The minimum atomic E-state index is 0.657. The van der Waals surface area contributed by atoms with Gasteiger partial charge in [-0.15, -0.1) is 0 Å². The van der Waals surface area contributed by atoms with Crippen LogP contribution >= 0.6 is 27.5 Å². The smallest absolute Gasteiger partial charge is 0.175 e. The summed E-state index contributed by atoms with van der Waals surface area (Å²) in [4.78, 5) is 0. The highest BCUT2D eigenvalue weighted by Crippen LogP contribution is 2.41. The number of ether oxygens (including phenoxy) is 2.